The Morgan fingerprint density at radius 3 is 2.39 bits per heavy atom. The highest BCUT2D eigenvalue weighted by atomic mass is 32.2. The predicted octanol–water partition coefficient (Wildman–Crippen LogP) is 2.04. The molecule has 0 unspecified atom stereocenters. The lowest BCUT2D eigenvalue weighted by Gasteiger charge is -2.21. The number of sulfonamides is 1. The zero-order valence-electron chi connectivity index (χ0n) is 14.3. The van der Waals surface area contributed by atoms with Crippen molar-refractivity contribution in [1.82, 2.24) is 9.62 Å². The topological polar surface area (TPSA) is 66.5 Å². The highest BCUT2D eigenvalue weighted by Gasteiger charge is 2.16. The lowest BCUT2D eigenvalue weighted by Crippen LogP contribution is -2.39. The van der Waals surface area contributed by atoms with E-state index < -0.39 is 10.0 Å². The second-order valence-electron chi connectivity index (χ2n) is 6.18. The van der Waals surface area contributed by atoms with E-state index in [0.717, 1.165) is 12.0 Å². The molecular weight excluding hydrogens is 312 g/mol. The van der Waals surface area contributed by atoms with Crippen LogP contribution in [0.15, 0.2) is 30.3 Å². The van der Waals surface area contributed by atoms with Crippen LogP contribution in [0.25, 0.3) is 0 Å². The normalized spacial score (nSPS) is 11.9. The first-order valence-electron chi connectivity index (χ1n) is 8.05. The molecule has 0 aliphatic heterocycles. The Morgan fingerprint density at radius 2 is 1.83 bits per heavy atom. The van der Waals surface area contributed by atoms with Crippen molar-refractivity contribution in [3.05, 3.63) is 35.9 Å². The number of carbonyl (C=O) groups excluding carboxylic acids is 1. The SMILES string of the molecule is CC(C)CCN(CCNC(=O)CCc1ccccc1)S(C)(=O)=O. The van der Waals surface area contributed by atoms with Gasteiger partial charge >= 0.3 is 0 Å². The molecule has 0 bridgehead atoms. The number of aryl methyl sites for hydroxylation is 1. The second kappa shape index (κ2) is 9.67. The Kier molecular flexibility index (Phi) is 8.26. The van der Waals surface area contributed by atoms with Gasteiger partial charge in [-0.05, 0) is 24.3 Å². The fourth-order valence-corrected chi connectivity index (χ4v) is 3.02. The third-order valence-electron chi connectivity index (χ3n) is 3.59. The zero-order chi connectivity index (χ0) is 17.3. The number of benzene rings is 1. The van der Waals surface area contributed by atoms with Gasteiger partial charge in [-0.2, -0.15) is 0 Å². The maximum Gasteiger partial charge on any atom is 0.220 e. The first kappa shape index (κ1) is 19.6. The van der Waals surface area contributed by atoms with Crippen LogP contribution < -0.4 is 5.32 Å². The molecule has 1 aromatic carbocycles. The van der Waals surface area contributed by atoms with Gasteiger partial charge in [0.15, 0.2) is 0 Å². The molecule has 0 saturated carbocycles. The van der Waals surface area contributed by atoms with Gasteiger partial charge in [-0.25, -0.2) is 12.7 Å². The Bertz CT molecular complexity index is 571. The van der Waals surface area contributed by atoms with Crippen LogP contribution in [0.5, 0.6) is 0 Å². The first-order chi connectivity index (χ1) is 10.8. The summed E-state index contributed by atoms with van der Waals surface area (Å²) in [5.74, 6) is 0.394. The van der Waals surface area contributed by atoms with Crippen LogP contribution in [0, 0.1) is 5.92 Å². The molecular formula is C17H28N2O3S. The standard InChI is InChI=1S/C17H28N2O3S/c1-15(2)11-13-19(23(3,21)22)14-12-18-17(20)10-9-16-7-5-4-6-8-16/h4-8,15H,9-14H2,1-3H3,(H,18,20). The fraction of sp³-hybridized carbons (Fsp3) is 0.588. The molecule has 0 heterocycles. The summed E-state index contributed by atoms with van der Waals surface area (Å²) in [7, 11) is -3.23. The van der Waals surface area contributed by atoms with Crippen LogP contribution in [0.2, 0.25) is 0 Å². The molecule has 0 saturated heterocycles. The van der Waals surface area contributed by atoms with Crippen molar-refractivity contribution in [2.24, 2.45) is 5.92 Å². The maximum atomic E-state index is 11.8. The molecule has 0 atom stereocenters. The van der Waals surface area contributed by atoms with Crippen LogP contribution in [-0.2, 0) is 21.2 Å². The van der Waals surface area contributed by atoms with Gasteiger partial charge < -0.3 is 5.32 Å². The minimum Gasteiger partial charge on any atom is -0.355 e. The average Bonchev–Trinajstić information content (AvgIpc) is 2.48. The minimum atomic E-state index is -3.23. The highest BCUT2D eigenvalue weighted by Crippen LogP contribution is 2.05. The Labute approximate surface area is 140 Å². The number of amides is 1. The monoisotopic (exact) mass is 340 g/mol. The summed E-state index contributed by atoms with van der Waals surface area (Å²) in [6.07, 6.45) is 3.13. The van der Waals surface area contributed by atoms with Gasteiger partial charge in [0, 0.05) is 26.1 Å². The third-order valence-corrected chi connectivity index (χ3v) is 4.89. The molecule has 0 fully saturated rings. The molecule has 0 aliphatic carbocycles. The van der Waals surface area contributed by atoms with Crippen LogP contribution >= 0.6 is 0 Å². The quantitative estimate of drug-likeness (QED) is 0.709. The number of nitrogens with one attached hydrogen (secondary N) is 1. The summed E-state index contributed by atoms with van der Waals surface area (Å²) >= 11 is 0. The van der Waals surface area contributed by atoms with E-state index in [9.17, 15) is 13.2 Å². The molecule has 6 heteroatoms. The van der Waals surface area contributed by atoms with Crippen molar-refractivity contribution in [2.75, 3.05) is 25.9 Å². The van der Waals surface area contributed by atoms with Crippen LogP contribution in [0.1, 0.15) is 32.3 Å². The fourth-order valence-electron chi connectivity index (χ4n) is 2.16. The number of rotatable bonds is 10. The van der Waals surface area contributed by atoms with E-state index in [4.69, 9.17) is 0 Å². The van der Waals surface area contributed by atoms with Crippen molar-refractivity contribution in [3.63, 3.8) is 0 Å². The van der Waals surface area contributed by atoms with Gasteiger partial charge in [-0.15, -0.1) is 0 Å². The Balaban J connectivity index is 2.33. The molecule has 1 rings (SSSR count). The van der Waals surface area contributed by atoms with Gasteiger partial charge in [0.1, 0.15) is 0 Å². The summed E-state index contributed by atoms with van der Waals surface area (Å²) in [5.41, 5.74) is 1.12. The van der Waals surface area contributed by atoms with E-state index >= 15 is 0 Å². The number of carbonyl (C=O) groups is 1. The van der Waals surface area contributed by atoms with Crippen molar-refractivity contribution in [3.8, 4) is 0 Å². The summed E-state index contributed by atoms with van der Waals surface area (Å²) in [4.78, 5) is 11.8. The van der Waals surface area contributed by atoms with Crippen molar-refractivity contribution >= 4 is 15.9 Å². The van der Waals surface area contributed by atoms with Crippen molar-refractivity contribution < 1.29 is 13.2 Å². The molecule has 0 aliphatic rings. The molecule has 23 heavy (non-hydrogen) atoms. The van der Waals surface area contributed by atoms with E-state index in [1.54, 1.807) is 0 Å². The van der Waals surface area contributed by atoms with E-state index in [1.165, 1.54) is 10.6 Å². The highest BCUT2D eigenvalue weighted by molar-refractivity contribution is 7.88. The van der Waals surface area contributed by atoms with Crippen LogP contribution in [-0.4, -0.2) is 44.5 Å². The number of hydrogen-bond donors (Lipinski definition) is 1. The molecule has 5 nitrogen and oxygen atoms in total. The smallest absolute Gasteiger partial charge is 0.220 e. The second-order valence-corrected chi connectivity index (χ2v) is 8.16. The summed E-state index contributed by atoms with van der Waals surface area (Å²) < 4.78 is 24.9. The molecule has 0 aromatic heterocycles. The molecule has 1 amide bonds. The lowest BCUT2D eigenvalue weighted by molar-refractivity contribution is -0.121. The van der Waals surface area contributed by atoms with E-state index in [0.29, 0.717) is 38.4 Å². The lowest BCUT2D eigenvalue weighted by atomic mass is 10.1. The average molecular weight is 340 g/mol. The molecule has 1 N–H and O–H groups in total. The van der Waals surface area contributed by atoms with Gasteiger partial charge in [-0.3, -0.25) is 4.79 Å². The first-order valence-corrected chi connectivity index (χ1v) is 9.89. The number of hydrogen-bond acceptors (Lipinski definition) is 3. The van der Waals surface area contributed by atoms with Gasteiger partial charge in [0.25, 0.3) is 0 Å². The summed E-state index contributed by atoms with van der Waals surface area (Å²) in [5, 5.41) is 2.80. The molecule has 130 valence electrons. The Morgan fingerprint density at radius 1 is 1.17 bits per heavy atom. The zero-order valence-corrected chi connectivity index (χ0v) is 15.1. The molecule has 1 aromatic rings. The summed E-state index contributed by atoms with van der Waals surface area (Å²) in [6, 6.07) is 9.83. The largest absolute Gasteiger partial charge is 0.355 e. The number of nitrogens with zero attached hydrogens (tertiary/aromatic N) is 1. The predicted molar refractivity (Wildman–Crippen MR) is 93.6 cm³/mol. The summed E-state index contributed by atoms with van der Waals surface area (Å²) in [6.45, 7) is 5.29. The van der Waals surface area contributed by atoms with E-state index in [2.05, 4.69) is 19.2 Å². The Hall–Kier alpha value is -1.40. The van der Waals surface area contributed by atoms with Gasteiger partial charge in [-0.1, -0.05) is 44.2 Å². The van der Waals surface area contributed by atoms with E-state index in [-0.39, 0.29) is 5.91 Å². The third kappa shape index (κ3) is 8.71. The van der Waals surface area contributed by atoms with Gasteiger partial charge in [0.2, 0.25) is 15.9 Å². The van der Waals surface area contributed by atoms with Crippen LogP contribution in [0.3, 0.4) is 0 Å². The van der Waals surface area contributed by atoms with Crippen LogP contribution in [0.4, 0.5) is 0 Å². The van der Waals surface area contributed by atoms with Crippen molar-refractivity contribution in [2.45, 2.75) is 33.1 Å². The molecule has 0 spiro atoms. The molecule has 0 radical (unpaired) electrons. The minimum absolute atomic E-state index is 0.0498. The van der Waals surface area contributed by atoms with Crippen molar-refractivity contribution in [1.29, 1.82) is 0 Å². The van der Waals surface area contributed by atoms with E-state index in [1.807, 2.05) is 30.3 Å². The maximum absolute atomic E-state index is 11.8. The van der Waals surface area contributed by atoms with Gasteiger partial charge in [0.05, 0.1) is 6.26 Å².